The molecule has 4 aromatic rings. The molecule has 0 radical (unpaired) electrons. The fourth-order valence-electron chi connectivity index (χ4n) is 2.66. The van der Waals surface area contributed by atoms with Gasteiger partial charge in [0.25, 0.3) is 11.8 Å². The molecule has 0 fully saturated rings. The smallest absolute Gasteiger partial charge is 0.338 e. The Morgan fingerprint density at radius 3 is 2.71 bits per heavy atom. The number of hydrogen-bond acceptors (Lipinski definition) is 7. The molecule has 0 aliphatic rings. The largest absolute Gasteiger partial charge is 0.452 e. The van der Waals surface area contributed by atoms with Gasteiger partial charge in [-0.3, -0.25) is 0 Å². The number of benzene rings is 2. The van der Waals surface area contributed by atoms with Crippen LogP contribution < -0.4 is 0 Å². The van der Waals surface area contributed by atoms with Gasteiger partial charge in [-0.25, -0.2) is 4.79 Å². The standard InChI is InChI=1S/C20H14ClN3O4/c1-12-17(18(24-28-12)13-6-3-2-4-7-13)19-23-22-16(27-19)11-26-20(25)14-8-5-9-15(21)10-14/h2-10H,11H2,1H3. The number of rotatable bonds is 5. The number of ether oxygens (including phenoxy) is 1. The second kappa shape index (κ2) is 7.66. The maximum atomic E-state index is 12.1. The molecule has 0 amide bonds. The molecule has 28 heavy (non-hydrogen) atoms. The van der Waals surface area contributed by atoms with Crippen molar-refractivity contribution in [1.82, 2.24) is 15.4 Å². The van der Waals surface area contributed by atoms with Crippen molar-refractivity contribution in [3.05, 3.63) is 76.8 Å². The molecule has 0 saturated carbocycles. The number of carbonyl (C=O) groups excluding carboxylic acids is 1. The van der Waals surface area contributed by atoms with Gasteiger partial charge in [0.05, 0.1) is 5.56 Å². The van der Waals surface area contributed by atoms with Crippen LogP contribution in [0.5, 0.6) is 0 Å². The maximum Gasteiger partial charge on any atom is 0.338 e. The normalized spacial score (nSPS) is 10.8. The van der Waals surface area contributed by atoms with E-state index in [1.165, 1.54) is 6.07 Å². The molecule has 0 N–H and O–H groups in total. The predicted octanol–water partition coefficient (Wildman–Crippen LogP) is 4.71. The predicted molar refractivity (Wildman–Crippen MR) is 101 cm³/mol. The van der Waals surface area contributed by atoms with E-state index >= 15 is 0 Å². The summed E-state index contributed by atoms with van der Waals surface area (Å²) in [7, 11) is 0. The summed E-state index contributed by atoms with van der Waals surface area (Å²) in [6, 6.07) is 16.0. The SMILES string of the molecule is Cc1onc(-c2ccccc2)c1-c1nnc(COC(=O)c2cccc(Cl)c2)o1. The summed E-state index contributed by atoms with van der Waals surface area (Å²) in [5, 5.41) is 12.5. The van der Waals surface area contributed by atoms with E-state index < -0.39 is 5.97 Å². The van der Waals surface area contributed by atoms with Crippen molar-refractivity contribution >= 4 is 17.6 Å². The summed E-state index contributed by atoms with van der Waals surface area (Å²) in [6.07, 6.45) is 0. The van der Waals surface area contributed by atoms with Gasteiger partial charge in [0, 0.05) is 10.6 Å². The molecule has 7 nitrogen and oxygen atoms in total. The van der Waals surface area contributed by atoms with E-state index in [2.05, 4.69) is 15.4 Å². The van der Waals surface area contributed by atoms with Crippen LogP contribution in [0.25, 0.3) is 22.7 Å². The third-order valence-corrected chi connectivity index (χ3v) is 4.21. The van der Waals surface area contributed by atoms with E-state index in [9.17, 15) is 4.79 Å². The Labute approximate surface area is 164 Å². The van der Waals surface area contributed by atoms with Gasteiger partial charge in [-0.1, -0.05) is 53.2 Å². The Morgan fingerprint density at radius 1 is 1.11 bits per heavy atom. The molecule has 0 bridgehead atoms. The third-order valence-electron chi connectivity index (χ3n) is 3.98. The van der Waals surface area contributed by atoms with Crippen LogP contribution in [0.4, 0.5) is 0 Å². The van der Waals surface area contributed by atoms with Crippen molar-refractivity contribution in [2.45, 2.75) is 13.5 Å². The average molecular weight is 396 g/mol. The first-order valence-corrected chi connectivity index (χ1v) is 8.77. The molecule has 2 heterocycles. The van der Waals surface area contributed by atoms with Gasteiger partial charge >= 0.3 is 5.97 Å². The second-order valence-corrected chi connectivity index (χ2v) is 6.35. The first-order chi connectivity index (χ1) is 13.6. The molecule has 4 rings (SSSR count). The molecule has 0 saturated heterocycles. The van der Waals surface area contributed by atoms with Gasteiger partial charge in [0.2, 0.25) is 0 Å². The Bertz CT molecular complexity index is 1120. The van der Waals surface area contributed by atoms with Crippen LogP contribution >= 0.6 is 11.6 Å². The van der Waals surface area contributed by atoms with Crippen molar-refractivity contribution in [1.29, 1.82) is 0 Å². The van der Waals surface area contributed by atoms with E-state index in [1.54, 1.807) is 25.1 Å². The first kappa shape index (κ1) is 17.9. The summed E-state index contributed by atoms with van der Waals surface area (Å²) in [4.78, 5) is 12.1. The highest BCUT2D eigenvalue weighted by molar-refractivity contribution is 6.30. The zero-order chi connectivity index (χ0) is 19.5. The van der Waals surface area contributed by atoms with Crippen molar-refractivity contribution in [2.75, 3.05) is 0 Å². The number of halogens is 1. The molecule has 0 atom stereocenters. The van der Waals surface area contributed by atoms with Gasteiger partial charge in [-0.2, -0.15) is 0 Å². The molecule has 8 heteroatoms. The lowest BCUT2D eigenvalue weighted by atomic mass is 10.1. The quantitative estimate of drug-likeness (QED) is 0.452. The van der Waals surface area contributed by atoms with Crippen molar-refractivity contribution < 1.29 is 18.5 Å². The molecule has 0 aliphatic carbocycles. The lowest BCUT2D eigenvalue weighted by Gasteiger charge is -2.02. The fourth-order valence-corrected chi connectivity index (χ4v) is 2.85. The molecule has 0 aliphatic heterocycles. The molecule has 140 valence electrons. The number of aryl methyl sites for hydroxylation is 1. The highest BCUT2D eigenvalue weighted by Crippen LogP contribution is 2.33. The van der Waals surface area contributed by atoms with Gasteiger partial charge in [0.15, 0.2) is 6.61 Å². The minimum atomic E-state index is -0.534. The summed E-state index contributed by atoms with van der Waals surface area (Å²) >= 11 is 5.88. The van der Waals surface area contributed by atoms with Crippen LogP contribution in [-0.2, 0) is 11.3 Å². The van der Waals surface area contributed by atoms with Crippen LogP contribution in [0, 0.1) is 6.92 Å². The molecule has 2 aromatic carbocycles. The number of carbonyl (C=O) groups is 1. The minimum Gasteiger partial charge on any atom is -0.452 e. The van der Waals surface area contributed by atoms with Gasteiger partial charge in [-0.15, -0.1) is 10.2 Å². The molecule has 0 spiro atoms. The monoisotopic (exact) mass is 395 g/mol. The van der Waals surface area contributed by atoms with Crippen molar-refractivity contribution in [3.8, 4) is 22.7 Å². The van der Waals surface area contributed by atoms with Crippen molar-refractivity contribution in [3.63, 3.8) is 0 Å². The summed E-state index contributed by atoms with van der Waals surface area (Å²) in [6.45, 7) is 1.60. The lowest BCUT2D eigenvalue weighted by Crippen LogP contribution is -2.05. The van der Waals surface area contributed by atoms with Gasteiger partial charge < -0.3 is 13.7 Å². The van der Waals surface area contributed by atoms with Crippen LogP contribution in [-0.4, -0.2) is 21.3 Å². The average Bonchev–Trinajstić information content (AvgIpc) is 3.33. The fraction of sp³-hybridized carbons (Fsp3) is 0.100. The summed E-state index contributed by atoms with van der Waals surface area (Å²) < 4.78 is 16.2. The Hall–Kier alpha value is -3.45. The second-order valence-electron chi connectivity index (χ2n) is 5.92. The van der Waals surface area contributed by atoms with E-state index in [-0.39, 0.29) is 18.4 Å². The third kappa shape index (κ3) is 3.65. The van der Waals surface area contributed by atoms with Crippen LogP contribution in [0.2, 0.25) is 5.02 Å². The topological polar surface area (TPSA) is 91.3 Å². The van der Waals surface area contributed by atoms with Crippen LogP contribution in [0.1, 0.15) is 22.0 Å². The number of esters is 1. The van der Waals surface area contributed by atoms with Crippen LogP contribution in [0.15, 0.2) is 63.5 Å². The van der Waals surface area contributed by atoms with Gasteiger partial charge in [-0.05, 0) is 25.1 Å². The van der Waals surface area contributed by atoms with Crippen molar-refractivity contribution in [2.24, 2.45) is 0 Å². The molecule has 0 unspecified atom stereocenters. The number of nitrogens with zero attached hydrogens (tertiary/aromatic N) is 3. The summed E-state index contributed by atoms with van der Waals surface area (Å²) in [5.74, 6) is 0.412. The zero-order valence-corrected chi connectivity index (χ0v) is 15.5. The molecule has 2 aromatic heterocycles. The highest BCUT2D eigenvalue weighted by atomic mass is 35.5. The Balaban J connectivity index is 1.53. The van der Waals surface area contributed by atoms with E-state index in [4.69, 9.17) is 25.3 Å². The van der Waals surface area contributed by atoms with E-state index in [1.807, 2.05) is 30.3 Å². The highest BCUT2D eigenvalue weighted by Gasteiger charge is 2.22. The zero-order valence-electron chi connectivity index (χ0n) is 14.8. The minimum absolute atomic E-state index is 0.157. The van der Waals surface area contributed by atoms with E-state index in [0.717, 1.165) is 5.56 Å². The number of hydrogen-bond donors (Lipinski definition) is 0. The maximum absolute atomic E-state index is 12.1. The molecular formula is C20H14ClN3O4. The number of aromatic nitrogens is 3. The Kier molecular flexibility index (Phi) is 4.90. The van der Waals surface area contributed by atoms with Crippen LogP contribution in [0.3, 0.4) is 0 Å². The van der Waals surface area contributed by atoms with Gasteiger partial charge in [0.1, 0.15) is 17.0 Å². The summed E-state index contributed by atoms with van der Waals surface area (Å²) in [5.41, 5.74) is 2.41. The Morgan fingerprint density at radius 2 is 1.93 bits per heavy atom. The first-order valence-electron chi connectivity index (χ1n) is 8.39. The lowest BCUT2D eigenvalue weighted by molar-refractivity contribution is 0.0438. The van der Waals surface area contributed by atoms with E-state index in [0.29, 0.717) is 27.6 Å². The molecular weight excluding hydrogens is 382 g/mol.